The van der Waals surface area contributed by atoms with Crippen LogP contribution in [-0.4, -0.2) is 49.2 Å². The van der Waals surface area contributed by atoms with Crippen molar-refractivity contribution in [2.45, 2.75) is 37.9 Å². The molecule has 4 nitrogen and oxygen atoms in total. The second-order valence-electron chi connectivity index (χ2n) is 5.32. The van der Waals surface area contributed by atoms with Crippen molar-refractivity contribution in [1.82, 2.24) is 10.2 Å². The second kappa shape index (κ2) is 4.34. The normalized spacial score (nSPS) is 38.0. The minimum absolute atomic E-state index is 0.324. The number of likely N-dealkylation sites (tertiary alicyclic amines) is 1. The molecule has 16 heavy (non-hydrogen) atoms. The van der Waals surface area contributed by atoms with Gasteiger partial charge < -0.3 is 15.0 Å². The van der Waals surface area contributed by atoms with Gasteiger partial charge in [-0.05, 0) is 38.3 Å². The van der Waals surface area contributed by atoms with E-state index in [0.717, 1.165) is 51.9 Å². The highest BCUT2D eigenvalue weighted by molar-refractivity contribution is 5.76. The first-order chi connectivity index (χ1) is 7.81. The third kappa shape index (κ3) is 2.09. The van der Waals surface area contributed by atoms with Crippen LogP contribution >= 0.6 is 0 Å². The van der Waals surface area contributed by atoms with Gasteiger partial charge in [0, 0.05) is 19.5 Å². The van der Waals surface area contributed by atoms with Gasteiger partial charge in [-0.3, -0.25) is 4.79 Å². The topological polar surface area (TPSA) is 41.6 Å². The maximum atomic E-state index is 12.1. The Bertz CT molecular complexity index is 264. The Morgan fingerprint density at radius 3 is 2.62 bits per heavy atom. The van der Waals surface area contributed by atoms with Gasteiger partial charge in [0.15, 0.2) is 0 Å². The van der Waals surface area contributed by atoms with Crippen LogP contribution in [0.1, 0.15) is 25.7 Å². The third-order valence-electron chi connectivity index (χ3n) is 4.02. The van der Waals surface area contributed by atoms with E-state index in [1.165, 1.54) is 0 Å². The summed E-state index contributed by atoms with van der Waals surface area (Å²) in [6.07, 6.45) is 4.81. The number of nitrogens with one attached hydrogen (secondary N) is 1. The highest BCUT2D eigenvalue weighted by Gasteiger charge is 2.36. The molecule has 3 rings (SSSR count). The number of fused-ring (bicyclic) bond motifs is 2. The molecular weight excluding hydrogens is 204 g/mol. The summed E-state index contributed by atoms with van der Waals surface area (Å²) in [4.78, 5) is 14.1. The Morgan fingerprint density at radius 2 is 2.00 bits per heavy atom. The van der Waals surface area contributed by atoms with E-state index < -0.39 is 0 Å². The van der Waals surface area contributed by atoms with Gasteiger partial charge >= 0.3 is 0 Å². The van der Waals surface area contributed by atoms with Gasteiger partial charge in [0.1, 0.15) is 0 Å². The van der Waals surface area contributed by atoms with Crippen LogP contribution in [0.5, 0.6) is 0 Å². The number of morpholine rings is 1. The number of carbonyl (C=O) groups is 1. The van der Waals surface area contributed by atoms with Crippen LogP contribution in [0.2, 0.25) is 0 Å². The smallest absolute Gasteiger partial charge is 0.223 e. The summed E-state index contributed by atoms with van der Waals surface area (Å²) in [6.45, 7) is 3.75. The molecule has 0 radical (unpaired) electrons. The first-order valence-electron chi connectivity index (χ1n) is 6.45. The van der Waals surface area contributed by atoms with Crippen molar-refractivity contribution in [3.8, 4) is 0 Å². The van der Waals surface area contributed by atoms with E-state index in [2.05, 4.69) is 5.32 Å². The maximum Gasteiger partial charge on any atom is 0.223 e. The molecule has 3 aliphatic heterocycles. The summed E-state index contributed by atoms with van der Waals surface area (Å²) in [7, 11) is 0. The van der Waals surface area contributed by atoms with E-state index in [1.807, 2.05) is 4.90 Å². The lowest BCUT2D eigenvalue weighted by molar-refractivity contribution is -0.140. The fourth-order valence-electron chi connectivity index (χ4n) is 3.08. The molecule has 1 N–H and O–H groups in total. The van der Waals surface area contributed by atoms with Gasteiger partial charge in [0.05, 0.1) is 12.2 Å². The number of hydrogen-bond acceptors (Lipinski definition) is 3. The molecule has 3 heterocycles. The number of amides is 1. The molecule has 0 spiro atoms. The third-order valence-corrected chi connectivity index (χ3v) is 4.02. The fourth-order valence-corrected chi connectivity index (χ4v) is 3.08. The van der Waals surface area contributed by atoms with Crippen LogP contribution in [0.4, 0.5) is 0 Å². The molecule has 3 saturated heterocycles. The zero-order valence-corrected chi connectivity index (χ0v) is 9.65. The van der Waals surface area contributed by atoms with Gasteiger partial charge in [0.25, 0.3) is 0 Å². The summed E-state index contributed by atoms with van der Waals surface area (Å²) in [5.74, 6) is 0.905. The molecule has 0 aromatic heterocycles. The van der Waals surface area contributed by atoms with Crippen molar-refractivity contribution in [2.75, 3.05) is 26.2 Å². The Kier molecular flexibility index (Phi) is 2.86. The number of ether oxygens (including phenoxy) is 1. The van der Waals surface area contributed by atoms with E-state index >= 15 is 0 Å². The van der Waals surface area contributed by atoms with Crippen LogP contribution in [-0.2, 0) is 9.53 Å². The summed E-state index contributed by atoms with van der Waals surface area (Å²) in [6, 6.07) is 0. The molecule has 4 heteroatoms. The lowest BCUT2D eigenvalue weighted by atomic mass is 10.0. The van der Waals surface area contributed by atoms with Gasteiger partial charge in [-0.2, -0.15) is 0 Å². The average Bonchev–Trinajstić information content (AvgIpc) is 2.89. The van der Waals surface area contributed by atoms with Crippen LogP contribution in [0.15, 0.2) is 0 Å². The molecule has 90 valence electrons. The molecule has 0 aromatic carbocycles. The van der Waals surface area contributed by atoms with Crippen LogP contribution in [0.3, 0.4) is 0 Å². The first-order valence-corrected chi connectivity index (χ1v) is 6.45. The molecule has 3 atom stereocenters. The van der Waals surface area contributed by atoms with Crippen molar-refractivity contribution < 1.29 is 9.53 Å². The highest BCUT2D eigenvalue weighted by atomic mass is 16.5. The molecule has 0 aliphatic carbocycles. The van der Waals surface area contributed by atoms with Crippen molar-refractivity contribution >= 4 is 5.91 Å². The molecule has 2 bridgehead atoms. The monoisotopic (exact) mass is 224 g/mol. The molecule has 3 aliphatic rings. The van der Waals surface area contributed by atoms with E-state index in [0.29, 0.717) is 24.0 Å². The fraction of sp³-hybridized carbons (Fsp3) is 0.917. The van der Waals surface area contributed by atoms with E-state index in [4.69, 9.17) is 4.74 Å². The summed E-state index contributed by atoms with van der Waals surface area (Å²) >= 11 is 0. The molecule has 3 unspecified atom stereocenters. The summed E-state index contributed by atoms with van der Waals surface area (Å²) in [5, 5.41) is 3.32. The van der Waals surface area contributed by atoms with Crippen LogP contribution < -0.4 is 5.32 Å². The molecular formula is C12H20N2O2. The zero-order chi connectivity index (χ0) is 11.0. The lowest BCUT2D eigenvalue weighted by Gasteiger charge is -2.32. The Morgan fingerprint density at radius 1 is 1.25 bits per heavy atom. The van der Waals surface area contributed by atoms with Gasteiger partial charge in [-0.25, -0.2) is 0 Å². The lowest BCUT2D eigenvalue weighted by Crippen LogP contribution is -2.46. The standard InChI is InChI=1S/C12H20N2O2/c15-12(5-9-3-4-13-6-9)14-7-10-1-2-11(8-14)16-10/h9-11,13H,1-8H2. The zero-order valence-electron chi connectivity index (χ0n) is 9.65. The number of carbonyl (C=O) groups excluding carboxylic acids is 1. The molecule has 0 aromatic rings. The number of nitrogens with zero attached hydrogens (tertiary/aromatic N) is 1. The van der Waals surface area contributed by atoms with E-state index in [1.54, 1.807) is 0 Å². The summed E-state index contributed by atoms with van der Waals surface area (Å²) < 4.78 is 5.74. The Hall–Kier alpha value is -0.610. The maximum absolute atomic E-state index is 12.1. The van der Waals surface area contributed by atoms with Gasteiger partial charge in [-0.1, -0.05) is 0 Å². The van der Waals surface area contributed by atoms with Crippen LogP contribution in [0.25, 0.3) is 0 Å². The predicted octanol–water partition coefficient (Wildman–Crippen LogP) is 0.376. The second-order valence-corrected chi connectivity index (χ2v) is 5.32. The largest absolute Gasteiger partial charge is 0.371 e. The van der Waals surface area contributed by atoms with E-state index in [-0.39, 0.29) is 0 Å². The average molecular weight is 224 g/mol. The van der Waals surface area contributed by atoms with Gasteiger partial charge in [-0.15, -0.1) is 0 Å². The predicted molar refractivity (Wildman–Crippen MR) is 60.1 cm³/mol. The highest BCUT2D eigenvalue weighted by Crippen LogP contribution is 2.27. The molecule has 3 fully saturated rings. The molecule has 1 amide bonds. The Labute approximate surface area is 96.3 Å². The summed E-state index contributed by atoms with van der Waals surface area (Å²) in [5.41, 5.74) is 0. The Balaban J connectivity index is 1.54. The first kappa shape index (κ1) is 10.5. The van der Waals surface area contributed by atoms with Crippen molar-refractivity contribution in [2.24, 2.45) is 5.92 Å². The number of rotatable bonds is 2. The van der Waals surface area contributed by atoms with E-state index in [9.17, 15) is 4.79 Å². The minimum atomic E-state index is 0.324. The van der Waals surface area contributed by atoms with Crippen LogP contribution in [0, 0.1) is 5.92 Å². The SMILES string of the molecule is O=C(CC1CCNC1)N1CC2CCC(C1)O2. The quantitative estimate of drug-likeness (QED) is 0.737. The van der Waals surface area contributed by atoms with Gasteiger partial charge in [0.2, 0.25) is 5.91 Å². The number of hydrogen-bond donors (Lipinski definition) is 1. The molecule has 0 saturated carbocycles. The van der Waals surface area contributed by atoms with Crippen molar-refractivity contribution in [1.29, 1.82) is 0 Å². The van der Waals surface area contributed by atoms with Crippen molar-refractivity contribution in [3.05, 3.63) is 0 Å². The van der Waals surface area contributed by atoms with Crippen molar-refractivity contribution in [3.63, 3.8) is 0 Å². The minimum Gasteiger partial charge on any atom is -0.371 e.